The monoisotopic (exact) mass is 287 g/mol. The maximum absolute atomic E-state index is 11.8. The molecule has 2 aromatic rings. The van der Waals surface area contributed by atoms with E-state index in [1.807, 2.05) is 36.4 Å². The summed E-state index contributed by atoms with van der Waals surface area (Å²) in [5.41, 5.74) is 0.636. The lowest BCUT2D eigenvalue weighted by Gasteiger charge is -2.30. The number of halogens is 3. The zero-order valence-electron chi connectivity index (χ0n) is 9.08. The minimum absolute atomic E-state index is 0.636. The molecule has 0 aliphatic carbocycles. The van der Waals surface area contributed by atoms with Crippen LogP contribution in [0.15, 0.2) is 42.5 Å². The minimum atomic E-state index is -2.29. The Morgan fingerprint density at radius 3 is 2.18 bits per heavy atom. The third-order valence-corrected chi connectivity index (χ3v) is 4.26. The van der Waals surface area contributed by atoms with E-state index in [1.165, 1.54) is 6.92 Å². The maximum Gasteiger partial charge on any atom is 0.273 e. The zero-order chi connectivity index (χ0) is 12.7. The zero-order valence-corrected chi connectivity index (χ0v) is 11.4. The summed E-state index contributed by atoms with van der Waals surface area (Å²) in [5.74, 6) is 0. The van der Waals surface area contributed by atoms with Gasteiger partial charge in [-0.2, -0.15) is 5.11 Å². The first-order chi connectivity index (χ1) is 7.84. The lowest BCUT2D eigenvalue weighted by Crippen LogP contribution is -2.34. The Labute approximate surface area is 115 Å². The molecule has 1 nitrogen and oxygen atoms in total. The Balaban J connectivity index is 2.72. The maximum atomic E-state index is 11.8. The van der Waals surface area contributed by atoms with Gasteiger partial charge < -0.3 is 0 Å². The van der Waals surface area contributed by atoms with Crippen LogP contribution in [0.1, 0.15) is 12.5 Å². The van der Waals surface area contributed by atoms with Crippen molar-refractivity contribution in [2.75, 3.05) is 0 Å². The molecule has 0 spiro atoms. The molecule has 0 aliphatic rings. The van der Waals surface area contributed by atoms with Crippen molar-refractivity contribution in [1.82, 2.24) is 0 Å². The van der Waals surface area contributed by atoms with Crippen molar-refractivity contribution >= 4 is 45.6 Å². The summed E-state index contributed by atoms with van der Waals surface area (Å²) < 4.78 is -2.29. The van der Waals surface area contributed by atoms with E-state index in [1.54, 1.807) is 6.07 Å². The van der Waals surface area contributed by atoms with Crippen LogP contribution in [-0.4, -0.2) is 4.52 Å². The van der Waals surface area contributed by atoms with Gasteiger partial charge in [0.05, 0.1) is 0 Å². The van der Waals surface area contributed by atoms with Crippen molar-refractivity contribution in [3.05, 3.63) is 48.0 Å². The molecule has 4 heteroatoms. The molecule has 0 aliphatic heterocycles. The Kier molecular flexibility index (Phi) is 3.30. The first-order valence-corrected chi connectivity index (χ1v) is 6.23. The fourth-order valence-corrected chi connectivity index (χ4v) is 2.16. The lowest BCUT2D eigenvalue weighted by molar-refractivity contribution is 0.0860. The predicted octanol–water partition coefficient (Wildman–Crippen LogP) is 4.86. The van der Waals surface area contributed by atoms with E-state index >= 15 is 0 Å². The first-order valence-electron chi connectivity index (χ1n) is 5.09. The number of hydrogen-bond donors (Lipinski definition) is 0. The highest BCUT2D eigenvalue weighted by atomic mass is 35.5. The number of alkyl halides is 3. The molecule has 2 aromatic carbocycles. The van der Waals surface area contributed by atoms with E-state index in [9.17, 15) is 5.11 Å². The molecule has 2 rings (SSSR count). The van der Waals surface area contributed by atoms with Crippen molar-refractivity contribution < 1.29 is 5.11 Å². The smallest absolute Gasteiger partial charge is 0.191 e. The second-order valence-electron chi connectivity index (χ2n) is 4.05. The molecule has 1 unspecified atom stereocenters. The van der Waals surface area contributed by atoms with Crippen LogP contribution in [0.5, 0.6) is 0 Å². The van der Waals surface area contributed by atoms with Gasteiger partial charge in [-0.25, -0.2) is 0 Å². The Morgan fingerprint density at radius 1 is 0.941 bits per heavy atom. The molecule has 0 saturated heterocycles. The molecule has 1 atom stereocenters. The summed E-state index contributed by atoms with van der Waals surface area (Å²) in [6, 6.07) is 13.2. The van der Waals surface area contributed by atoms with Gasteiger partial charge in [0.25, 0.3) is 4.52 Å². The molecule has 0 saturated carbocycles. The number of fused-ring (bicyclic) bond motifs is 1. The van der Waals surface area contributed by atoms with Gasteiger partial charge in [-0.15, -0.1) is 11.6 Å². The summed E-state index contributed by atoms with van der Waals surface area (Å²) in [7, 11) is 0. The van der Waals surface area contributed by atoms with Crippen LogP contribution in [0.4, 0.5) is 0 Å². The Morgan fingerprint density at radius 2 is 1.53 bits per heavy atom. The molecular weight excluding hydrogens is 279 g/mol. The van der Waals surface area contributed by atoms with E-state index in [0.29, 0.717) is 5.56 Å². The fraction of sp³-hybridized carbons (Fsp3) is 0.231. The van der Waals surface area contributed by atoms with Crippen molar-refractivity contribution in [1.29, 1.82) is 0 Å². The van der Waals surface area contributed by atoms with Crippen LogP contribution in [0.3, 0.4) is 0 Å². The summed E-state index contributed by atoms with van der Waals surface area (Å²) in [5, 5.41) is 13.6. The van der Waals surface area contributed by atoms with Crippen molar-refractivity contribution in [3.63, 3.8) is 0 Å². The van der Waals surface area contributed by atoms with Gasteiger partial charge in [-0.1, -0.05) is 65.7 Å². The van der Waals surface area contributed by atoms with Crippen LogP contribution in [-0.2, 0) is 9.98 Å². The molecule has 0 bridgehead atoms. The van der Waals surface area contributed by atoms with Crippen LogP contribution in [0, 0.1) is 0 Å². The largest absolute Gasteiger partial charge is 0.273 e. The van der Waals surface area contributed by atoms with E-state index in [-0.39, 0.29) is 0 Å². The quantitative estimate of drug-likeness (QED) is 0.704. The van der Waals surface area contributed by atoms with Crippen molar-refractivity contribution in [2.45, 2.75) is 16.3 Å². The van der Waals surface area contributed by atoms with E-state index < -0.39 is 9.39 Å². The van der Waals surface area contributed by atoms with Crippen molar-refractivity contribution in [2.24, 2.45) is 0 Å². The SMILES string of the molecule is CC(Cl)(c1cccc2ccccc12)C([O])(Cl)Cl. The van der Waals surface area contributed by atoms with E-state index in [0.717, 1.165) is 10.8 Å². The van der Waals surface area contributed by atoms with Gasteiger partial charge >= 0.3 is 0 Å². The number of benzene rings is 2. The van der Waals surface area contributed by atoms with Gasteiger partial charge in [0.1, 0.15) is 4.87 Å². The molecule has 0 fully saturated rings. The number of rotatable bonds is 2. The average molecular weight is 289 g/mol. The summed E-state index contributed by atoms with van der Waals surface area (Å²) in [6.07, 6.45) is 0. The second kappa shape index (κ2) is 4.33. The summed E-state index contributed by atoms with van der Waals surface area (Å²) in [6.45, 7) is 1.53. The molecule has 1 radical (unpaired) electrons. The molecule has 0 N–H and O–H groups in total. The first kappa shape index (κ1) is 13.0. The predicted molar refractivity (Wildman–Crippen MR) is 72.3 cm³/mol. The molecule has 0 amide bonds. The summed E-state index contributed by atoms with van der Waals surface area (Å²) in [4.78, 5) is -1.39. The van der Waals surface area contributed by atoms with E-state index in [2.05, 4.69) is 0 Å². The highest BCUT2D eigenvalue weighted by Crippen LogP contribution is 2.47. The minimum Gasteiger partial charge on any atom is -0.191 e. The highest BCUT2D eigenvalue weighted by Gasteiger charge is 2.47. The molecular formula is C13H10Cl3O. The molecule has 0 aromatic heterocycles. The Hall–Kier alpha value is -0.470. The van der Waals surface area contributed by atoms with Gasteiger partial charge in [0.2, 0.25) is 0 Å². The second-order valence-corrected chi connectivity index (χ2v) is 6.06. The van der Waals surface area contributed by atoms with E-state index in [4.69, 9.17) is 34.8 Å². The third-order valence-electron chi connectivity index (χ3n) is 2.84. The standard InChI is InChI=1S/C13H10Cl3O/c1-12(14,13(15,16)17)11-8-4-6-9-5-2-3-7-10(9)11/h2-8H,1H3. The molecule has 0 heterocycles. The fourth-order valence-electron chi connectivity index (χ4n) is 1.79. The van der Waals surface area contributed by atoms with Crippen LogP contribution in [0.2, 0.25) is 0 Å². The average Bonchev–Trinajstić information content (AvgIpc) is 2.26. The van der Waals surface area contributed by atoms with Gasteiger partial charge in [-0.3, -0.25) is 0 Å². The van der Waals surface area contributed by atoms with Gasteiger partial charge in [0, 0.05) is 0 Å². The van der Waals surface area contributed by atoms with Crippen LogP contribution in [0.25, 0.3) is 10.8 Å². The molecule has 89 valence electrons. The number of hydrogen-bond acceptors (Lipinski definition) is 0. The normalized spacial score (nSPS) is 15.8. The highest BCUT2D eigenvalue weighted by molar-refractivity contribution is 6.52. The third kappa shape index (κ3) is 2.25. The van der Waals surface area contributed by atoms with Crippen molar-refractivity contribution in [3.8, 4) is 0 Å². The van der Waals surface area contributed by atoms with Gasteiger partial charge in [0.15, 0.2) is 0 Å². The lowest BCUT2D eigenvalue weighted by atomic mass is 9.94. The topological polar surface area (TPSA) is 19.9 Å². The summed E-state index contributed by atoms with van der Waals surface area (Å²) >= 11 is 17.5. The Bertz CT molecular complexity index is 538. The molecule has 17 heavy (non-hydrogen) atoms. The van der Waals surface area contributed by atoms with Crippen LogP contribution >= 0.6 is 34.8 Å². The van der Waals surface area contributed by atoms with Crippen LogP contribution < -0.4 is 0 Å². The van der Waals surface area contributed by atoms with Gasteiger partial charge in [-0.05, 0) is 23.3 Å².